The van der Waals surface area contributed by atoms with Gasteiger partial charge in [-0.05, 0) is 12.5 Å². The van der Waals surface area contributed by atoms with Crippen LogP contribution in [0.4, 0.5) is 0 Å². The summed E-state index contributed by atoms with van der Waals surface area (Å²) in [6.45, 7) is 1.45. The zero-order valence-corrected chi connectivity index (χ0v) is 13.7. The van der Waals surface area contributed by atoms with Gasteiger partial charge in [0.15, 0.2) is 0 Å². The van der Waals surface area contributed by atoms with E-state index in [0.29, 0.717) is 24.6 Å². The van der Waals surface area contributed by atoms with Gasteiger partial charge in [-0.2, -0.15) is 23.5 Å². The third-order valence-electron chi connectivity index (χ3n) is 3.67. The highest BCUT2D eigenvalue weighted by atomic mass is 32.2. The van der Waals surface area contributed by atoms with E-state index in [2.05, 4.69) is 10.3 Å². The van der Waals surface area contributed by atoms with E-state index in [1.165, 1.54) is 23.0 Å². The van der Waals surface area contributed by atoms with Crippen molar-refractivity contribution in [2.45, 2.75) is 24.6 Å². The molecule has 1 aromatic heterocycles. The summed E-state index contributed by atoms with van der Waals surface area (Å²) in [5.74, 6) is 5.61. The van der Waals surface area contributed by atoms with Crippen LogP contribution >= 0.6 is 23.5 Å². The Hall–Kier alpha value is -0.430. The molecule has 0 amide bonds. The average Bonchev–Trinajstić information content (AvgIpc) is 2.79. The second-order valence-corrected chi connectivity index (χ2v) is 7.61. The minimum Gasteiger partial charge on any atom is -0.470 e. The maximum atomic E-state index is 6.03. The standard InChI is InChI=1S/C15H22N2O2S2/c1-2-5-16-15(3-1)19-14-9-18-6-4-13(14)17-12-10-20-7-8-21-11-12/h1-3,5,12-14,17H,4,6-11H2/t13-,14-/m1/s1. The lowest BCUT2D eigenvalue weighted by Gasteiger charge is -2.34. The Kier molecular flexibility index (Phi) is 6.09. The summed E-state index contributed by atoms with van der Waals surface area (Å²) in [7, 11) is 0. The van der Waals surface area contributed by atoms with Gasteiger partial charge in [0.2, 0.25) is 5.88 Å². The van der Waals surface area contributed by atoms with Crippen LogP contribution in [0.25, 0.3) is 0 Å². The van der Waals surface area contributed by atoms with Crippen LogP contribution in [-0.4, -0.2) is 59.4 Å². The zero-order chi connectivity index (χ0) is 14.3. The summed E-state index contributed by atoms with van der Waals surface area (Å²) in [4.78, 5) is 4.26. The molecule has 1 aromatic rings. The average molecular weight is 326 g/mol. The van der Waals surface area contributed by atoms with Gasteiger partial charge in [-0.3, -0.25) is 0 Å². The summed E-state index contributed by atoms with van der Waals surface area (Å²) < 4.78 is 11.6. The first kappa shape index (κ1) is 15.5. The van der Waals surface area contributed by atoms with E-state index in [-0.39, 0.29) is 6.10 Å². The van der Waals surface area contributed by atoms with Crippen molar-refractivity contribution in [3.63, 3.8) is 0 Å². The van der Waals surface area contributed by atoms with Gasteiger partial charge >= 0.3 is 0 Å². The molecule has 4 nitrogen and oxygen atoms in total. The molecule has 21 heavy (non-hydrogen) atoms. The Morgan fingerprint density at radius 1 is 1.24 bits per heavy atom. The SMILES string of the molecule is c1ccc(O[C@@H]2COCC[C@H]2NC2CSCCSC2)nc1. The molecular formula is C15H22N2O2S2. The smallest absolute Gasteiger partial charge is 0.213 e. The van der Waals surface area contributed by atoms with Gasteiger partial charge in [-0.25, -0.2) is 4.98 Å². The van der Waals surface area contributed by atoms with Crippen LogP contribution in [-0.2, 0) is 4.74 Å². The second-order valence-electron chi connectivity index (χ2n) is 5.31. The second kappa shape index (κ2) is 8.27. The van der Waals surface area contributed by atoms with Crippen molar-refractivity contribution in [1.82, 2.24) is 10.3 Å². The van der Waals surface area contributed by atoms with Crippen molar-refractivity contribution in [2.75, 3.05) is 36.2 Å². The third kappa shape index (κ3) is 4.77. The molecule has 2 atom stereocenters. The largest absolute Gasteiger partial charge is 0.470 e. The molecule has 2 aliphatic rings. The van der Waals surface area contributed by atoms with Gasteiger partial charge in [0.25, 0.3) is 0 Å². The van der Waals surface area contributed by atoms with Crippen LogP contribution in [0.15, 0.2) is 24.4 Å². The maximum absolute atomic E-state index is 6.03. The zero-order valence-electron chi connectivity index (χ0n) is 12.1. The molecule has 6 heteroatoms. The number of nitrogens with zero attached hydrogens (tertiary/aromatic N) is 1. The lowest BCUT2D eigenvalue weighted by atomic mass is 10.1. The maximum Gasteiger partial charge on any atom is 0.213 e. The number of nitrogens with one attached hydrogen (secondary N) is 1. The number of aromatic nitrogens is 1. The number of rotatable bonds is 4. The summed E-state index contributed by atoms with van der Waals surface area (Å²) in [6, 6.07) is 6.68. The van der Waals surface area contributed by atoms with Gasteiger partial charge in [0, 0.05) is 54.0 Å². The van der Waals surface area contributed by atoms with E-state index in [9.17, 15) is 0 Å². The molecule has 2 fully saturated rings. The Morgan fingerprint density at radius 2 is 2.10 bits per heavy atom. The van der Waals surface area contributed by atoms with Crippen LogP contribution in [0.5, 0.6) is 5.88 Å². The van der Waals surface area contributed by atoms with E-state index in [1.54, 1.807) is 6.20 Å². The van der Waals surface area contributed by atoms with E-state index in [0.717, 1.165) is 13.0 Å². The van der Waals surface area contributed by atoms with Gasteiger partial charge in [0.05, 0.1) is 6.61 Å². The first-order chi connectivity index (χ1) is 10.4. The Bertz CT molecular complexity index is 413. The lowest BCUT2D eigenvalue weighted by Crippen LogP contribution is -2.53. The predicted molar refractivity (Wildman–Crippen MR) is 89.5 cm³/mol. The first-order valence-electron chi connectivity index (χ1n) is 7.49. The molecule has 0 spiro atoms. The van der Waals surface area contributed by atoms with Gasteiger partial charge in [-0.1, -0.05) is 6.07 Å². The highest BCUT2D eigenvalue weighted by Crippen LogP contribution is 2.20. The quantitative estimate of drug-likeness (QED) is 0.914. The molecule has 116 valence electrons. The number of pyridine rings is 1. The van der Waals surface area contributed by atoms with Crippen LogP contribution in [0, 0.1) is 0 Å². The number of hydrogen-bond donors (Lipinski definition) is 1. The third-order valence-corrected chi connectivity index (χ3v) is 6.19. The van der Waals surface area contributed by atoms with Crippen molar-refractivity contribution in [1.29, 1.82) is 0 Å². The van der Waals surface area contributed by atoms with E-state index < -0.39 is 0 Å². The number of thioether (sulfide) groups is 2. The topological polar surface area (TPSA) is 43.4 Å². The van der Waals surface area contributed by atoms with Crippen molar-refractivity contribution in [3.8, 4) is 5.88 Å². The van der Waals surface area contributed by atoms with Gasteiger partial charge < -0.3 is 14.8 Å². The molecule has 2 aliphatic heterocycles. The highest BCUT2D eigenvalue weighted by molar-refractivity contribution is 8.03. The Morgan fingerprint density at radius 3 is 2.86 bits per heavy atom. The molecule has 0 bridgehead atoms. The van der Waals surface area contributed by atoms with Gasteiger partial charge in [0.1, 0.15) is 6.10 Å². The van der Waals surface area contributed by atoms with Crippen LogP contribution in [0.3, 0.4) is 0 Å². The lowest BCUT2D eigenvalue weighted by molar-refractivity contribution is -0.0181. The summed E-state index contributed by atoms with van der Waals surface area (Å²) in [5, 5.41) is 3.79. The Labute approximate surface area is 134 Å². The van der Waals surface area contributed by atoms with Crippen molar-refractivity contribution in [2.24, 2.45) is 0 Å². The molecule has 3 heterocycles. The van der Waals surface area contributed by atoms with Crippen molar-refractivity contribution in [3.05, 3.63) is 24.4 Å². The fourth-order valence-electron chi connectivity index (χ4n) is 2.61. The van der Waals surface area contributed by atoms with Crippen LogP contribution < -0.4 is 10.1 Å². The fourth-order valence-corrected chi connectivity index (χ4v) is 5.03. The normalized spacial score (nSPS) is 28.0. The van der Waals surface area contributed by atoms with E-state index >= 15 is 0 Å². The summed E-state index contributed by atoms with van der Waals surface area (Å²) >= 11 is 4.10. The Balaban J connectivity index is 1.58. The van der Waals surface area contributed by atoms with Crippen LogP contribution in [0.2, 0.25) is 0 Å². The molecule has 0 unspecified atom stereocenters. The van der Waals surface area contributed by atoms with Crippen molar-refractivity contribution < 1.29 is 9.47 Å². The summed E-state index contributed by atoms with van der Waals surface area (Å²) in [5.41, 5.74) is 0. The monoisotopic (exact) mass is 326 g/mol. The van der Waals surface area contributed by atoms with Gasteiger partial charge in [-0.15, -0.1) is 0 Å². The number of ether oxygens (including phenoxy) is 2. The van der Waals surface area contributed by atoms with E-state index in [1.807, 2.05) is 41.7 Å². The summed E-state index contributed by atoms with van der Waals surface area (Å²) in [6.07, 6.45) is 2.82. The minimum absolute atomic E-state index is 0.0481. The highest BCUT2D eigenvalue weighted by Gasteiger charge is 2.30. The molecule has 3 rings (SSSR count). The molecule has 0 aliphatic carbocycles. The molecule has 2 saturated heterocycles. The minimum atomic E-state index is 0.0481. The fraction of sp³-hybridized carbons (Fsp3) is 0.667. The van der Waals surface area contributed by atoms with E-state index in [4.69, 9.17) is 9.47 Å². The first-order valence-corrected chi connectivity index (χ1v) is 9.80. The molecule has 0 radical (unpaired) electrons. The van der Waals surface area contributed by atoms with Crippen molar-refractivity contribution >= 4 is 23.5 Å². The molecule has 0 saturated carbocycles. The van der Waals surface area contributed by atoms with Crippen LogP contribution in [0.1, 0.15) is 6.42 Å². The molecular weight excluding hydrogens is 304 g/mol. The predicted octanol–water partition coefficient (Wildman–Crippen LogP) is 2.06. The number of hydrogen-bond acceptors (Lipinski definition) is 6. The molecule has 1 N–H and O–H groups in total. The molecule has 0 aromatic carbocycles.